The van der Waals surface area contributed by atoms with Crippen molar-refractivity contribution in [2.24, 2.45) is 11.1 Å². The molecule has 4 heteroatoms. The molecule has 0 unspecified atom stereocenters. The molecule has 1 aliphatic rings. The summed E-state index contributed by atoms with van der Waals surface area (Å²) in [6, 6.07) is 0. The zero-order valence-corrected chi connectivity index (χ0v) is 11.8. The van der Waals surface area contributed by atoms with Crippen LogP contribution >= 0.6 is 11.8 Å². The van der Waals surface area contributed by atoms with Gasteiger partial charge < -0.3 is 11.1 Å². The van der Waals surface area contributed by atoms with E-state index in [9.17, 15) is 4.79 Å². The van der Waals surface area contributed by atoms with E-state index in [1.165, 1.54) is 25.0 Å². The Bertz CT molecular complexity index is 224. The second-order valence-corrected chi connectivity index (χ2v) is 5.99. The highest BCUT2D eigenvalue weighted by atomic mass is 32.2. The molecule has 1 fully saturated rings. The van der Waals surface area contributed by atoms with Crippen molar-refractivity contribution in [3.63, 3.8) is 0 Å². The second-order valence-electron chi connectivity index (χ2n) is 5.00. The fourth-order valence-electron chi connectivity index (χ4n) is 2.24. The maximum Gasteiger partial charge on any atom is 0.227 e. The molecule has 3 N–H and O–H groups in total. The van der Waals surface area contributed by atoms with E-state index in [2.05, 4.69) is 11.6 Å². The average molecular weight is 258 g/mol. The van der Waals surface area contributed by atoms with E-state index in [1.807, 2.05) is 11.8 Å². The van der Waals surface area contributed by atoms with Gasteiger partial charge in [0.1, 0.15) is 0 Å². The average Bonchev–Trinajstić information content (AvgIpc) is 2.27. The number of amides is 1. The van der Waals surface area contributed by atoms with Crippen LogP contribution < -0.4 is 11.1 Å². The molecule has 1 saturated carbocycles. The van der Waals surface area contributed by atoms with Gasteiger partial charge >= 0.3 is 0 Å². The van der Waals surface area contributed by atoms with Crippen LogP contribution in [0.4, 0.5) is 0 Å². The first-order valence-electron chi connectivity index (χ1n) is 6.72. The van der Waals surface area contributed by atoms with E-state index in [-0.39, 0.29) is 11.3 Å². The molecule has 17 heavy (non-hydrogen) atoms. The Morgan fingerprint density at radius 1 is 1.29 bits per heavy atom. The lowest BCUT2D eigenvalue weighted by atomic mass is 9.68. The van der Waals surface area contributed by atoms with Crippen molar-refractivity contribution in [3.05, 3.63) is 0 Å². The number of carbonyl (C=O) groups excluding carboxylic acids is 1. The highest BCUT2D eigenvalue weighted by molar-refractivity contribution is 7.98. The van der Waals surface area contributed by atoms with Crippen LogP contribution in [-0.4, -0.2) is 31.0 Å². The summed E-state index contributed by atoms with van der Waals surface area (Å²) in [6.07, 6.45) is 10.1. The van der Waals surface area contributed by atoms with Crippen LogP contribution in [0.5, 0.6) is 0 Å². The summed E-state index contributed by atoms with van der Waals surface area (Å²) in [4.78, 5) is 11.9. The molecule has 0 heterocycles. The van der Waals surface area contributed by atoms with Crippen molar-refractivity contribution in [2.45, 2.75) is 44.9 Å². The third-order valence-corrected chi connectivity index (χ3v) is 4.44. The summed E-state index contributed by atoms with van der Waals surface area (Å²) in [6.45, 7) is 1.33. The summed E-state index contributed by atoms with van der Waals surface area (Å²) >= 11 is 1.90. The van der Waals surface area contributed by atoms with E-state index in [4.69, 9.17) is 5.73 Å². The maximum absolute atomic E-state index is 11.9. The Balaban J connectivity index is 2.00. The first-order valence-corrected chi connectivity index (χ1v) is 8.12. The minimum absolute atomic E-state index is 0.190. The van der Waals surface area contributed by atoms with Gasteiger partial charge in [0.25, 0.3) is 0 Å². The molecule has 0 spiro atoms. The molecule has 0 aromatic heterocycles. The number of rotatable bonds is 9. The molecule has 1 rings (SSSR count). The largest absolute Gasteiger partial charge is 0.356 e. The normalized spacial score (nSPS) is 17.5. The summed E-state index contributed by atoms with van der Waals surface area (Å²) in [7, 11) is 0. The third-order valence-electron chi connectivity index (χ3n) is 3.74. The minimum atomic E-state index is -0.209. The van der Waals surface area contributed by atoms with Gasteiger partial charge in [-0.2, -0.15) is 11.8 Å². The number of unbranched alkanes of at least 4 members (excludes halogenated alkanes) is 3. The molecule has 0 aromatic rings. The molecule has 0 aromatic carbocycles. The van der Waals surface area contributed by atoms with Crippen LogP contribution in [0.2, 0.25) is 0 Å². The van der Waals surface area contributed by atoms with Gasteiger partial charge in [0.15, 0.2) is 0 Å². The molecule has 0 radical (unpaired) electrons. The van der Waals surface area contributed by atoms with Gasteiger partial charge in [0, 0.05) is 13.1 Å². The van der Waals surface area contributed by atoms with Crippen LogP contribution in [0.1, 0.15) is 44.9 Å². The highest BCUT2D eigenvalue weighted by Crippen LogP contribution is 2.39. The van der Waals surface area contributed by atoms with Crippen molar-refractivity contribution in [1.82, 2.24) is 5.32 Å². The molecule has 1 aliphatic carbocycles. The molecule has 3 nitrogen and oxygen atoms in total. The summed E-state index contributed by atoms with van der Waals surface area (Å²) in [5, 5.41) is 3.04. The van der Waals surface area contributed by atoms with Crippen LogP contribution in [-0.2, 0) is 4.79 Å². The zero-order valence-electron chi connectivity index (χ0n) is 11.0. The van der Waals surface area contributed by atoms with Crippen molar-refractivity contribution >= 4 is 17.7 Å². The number of hydrogen-bond acceptors (Lipinski definition) is 3. The lowest BCUT2D eigenvalue weighted by molar-refractivity contribution is -0.135. The number of thioether (sulfide) groups is 1. The molecule has 0 aliphatic heterocycles. The van der Waals surface area contributed by atoms with Crippen LogP contribution in [0.15, 0.2) is 0 Å². The molecule has 0 bridgehead atoms. The highest BCUT2D eigenvalue weighted by Gasteiger charge is 2.42. The Morgan fingerprint density at radius 3 is 2.53 bits per heavy atom. The van der Waals surface area contributed by atoms with Crippen molar-refractivity contribution in [1.29, 1.82) is 0 Å². The molecule has 0 saturated heterocycles. The van der Waals surface area contributed by atoms with Crippen LogP contribution in [0, 0.1) is 5.41 Å². The Kier molecular flexibility index (Phi) is 6.97. The fourth-order valence-corrected chi connectivity index (χ4v) is 2.73. The molecule has 1 amide bonds. The predicted octanol–water partition coefficient (Wildman–Crippen LogP) is 2.15. The monoisotopic (exact) mass is 258 g/mol. The maximum atomic E-state index is 11.9. The smallest absolute Gasteiger partial charge is 0.227 e. The van der Waals surface area contributed by atoms with E-state index in [1.54, 1.807) is 0 Å². The number of carbonyl (C=O) groups is 1. The fraction of sp³-hybridized carbons (Fsp3) is 0.923. The third kappa shape index (κ3) is 4.51. The van der Waals surface area contributed by atoms with E-state index < -0.39 is 0 Å². The molecular weight excluding hydrogens is 232 g/mol. The summed E-state index contributed by atoms with van der Waals surface area (Å²) in [5.41, 5.74) is 5.48. The molecule has 100 valence electrons. The topological polar surface area (TPSA) is 55.1 Å². The second kappa shape index (κ2) is 7.98. The van der Waals surface area contributed by atoms with E-state index in [0.717, 1.165) is 32.2 Å². The molecule has 0 atom stereocenters. The van der Waals surface area contributed by atoms with Gasteiger partial charge in [-0.25, -0.2) is 0 Å². The van der Waals surface area contributed by atoms with Crippen LogP contribution in [0.3, 0.4) is 0 Å². The number of nitrogens with two attached hydrogens (primary N) is 1. The van der Waals surface area contributed by atoms with Crippen molar-refractivity contribution in [2.75, 3.05) is 25.1 Å². The first-order chi connectivity index (χ1) is 8.25. The van der Waals surface area contributed by atoms with Gasteiger partial charge in [-0.05, 0) is 37.7 Å². The zero-order chi connectivity index (χ0) is 12.6. The SMILES string of the molecule is CSCCCCCCNC(=O)C1(CN)CCC1. The van der Waals surface area contributed by atoms with Crippen molar-refractivity contribution < 1.29 is 4.79 Å². The van der Waals surface area contributed by atoms with Gasteiger partial charge in [-0.15, -0.1) is 0 Å². The Morgan fingerprint density at radius 2 is 2.00 bits per heavy atom. The van der Waals surface area contributed by atoms with Gasteiger partial charge in [-0.1, -0.05) is 19.3 Å². The van der Waals surface area contributed by atoms with Gasteiger partial charge in [-0.3, -0.25) is 4.79 Å². The summed E-state index contributed by atoms with van der Waals surface area (Å²) < 4.78 is 0. The lowest BCUT2D eigenvalue weighted by Crippen LogP contribution is -2.50. The quantitative estimate of drug-likeness (QED) is 0.623. The van der Waals surface area contributed by atoms with Gasteiger partial charge in [0.05, 0.1) is 5.41 Å². The minimum Gasteiger partial charge on any atom is -0.356 e. The summed E-state index contributed by atoms with van der Waals surface area (Å²) in [5.74, 6) is 1.44. The first kappa shape index (κ1) is 14.8. The van der Waals surface area contributed by atoms with E-state index in [0.29, 0.717) is 6.54 Å². The molecular formula is C13H26N2OS. The predicted molar refractivity (Wildman–Crippen MR) is 75.2 cm³/mol. The standard InChI is InChI=1S/C13H26N2OS/c1-17-10-5-3-2-4-9-15-12(16)13(11-14)7-6-8-13/h2-11,14H2,1H3,(H,15,16). The van der Waals surface area contributed by atoms with E-state index >= 15 is 0 Å². The van der Waals surface area contributed by atoms with Crippen LogP contribution in [0.25, 0.3) is 0 Å². The van der Waals surface area contributed by atoms with Gasteiger partial charge in [0.2, 0.25) is 5.91 Å². The lowest BCUT2D eigenvalue weighted by Gasteiger charge is -2.39. The van der Waals surface area contributed by atoms with Crippen molar-refractivity contribution in [3.8, 4) is 0 Å². The Hall–Kier alpha value is -0.220. The number of hydrogen-bond donors (Lipinski definition) is 2. The Labute approximate surface area is 109 Å². The number of nitrogens with one attached hydrogen (secondary N) is 1.